The molecule has 0 amide bonds. The van der Waals surface area contributed by atoms with Gasteiger partial charge in [-0.25, -0.2) is 4.98 Å². The number of imidazole rings is 1. The molecule has 0 aliphatic carbocycles. The second-order valence-corrected chi connectivity index (χ2v) is 23.5. The average Bonchev–Trinajstić information content (AvgIpc) is 1.70. The number of rotatable bonds is 8. The number of para-hydroxylation sites is 1. The van der Waals surface area contributed by atoms with E-state index < -0.39 is 88.9 Å². The Bertz CT molecular complexity index is 4340. The predicted octanol–water partition coefficient (Wildman–Crippen LogP) is 19.1. The summed E-state index contributed by atoms with van der Waals surface area (Å²) in [5.74, 6) is 0.0556. The summed E-state index contributed by atoms with van der Waals surface area (Å²) in [4.78, 5) is 10.5. The Kier molecular flexibility index (Phi) is 10.6. The van der Waals surface area contributed by atoms with Crippen LogP contribution in [-0.4, -0.2) is 19.6 Å². The van der Waals surface area contributed by atoms with Crippen molar-refractivity contribution in [1.29, 1.82) is 0 Å². The monoisotopic (exact) mass is 1190 g/mol. The Hall–Kier alpha value is -7.13. The number of pyridine rings is 1. The summed E-state index contributed by atoms with van der Waals surface area (Å²) < 4.78 is 118. The van der Waals surface area contributed by atoms with Gasteiger partial charge in [-0.15, -0.1) is 29.3 Å². The second kappa shape index (κ2) is 20.4. The minimum absolute atomic E-state index is 0. The summed E-state index contributed by atoms with van der Waals surface area (Å²) in [6, 6.07) is 33.7. The van der Waals surface area contributed by atoms with E-state index in [1.54, 1.807) is 35.0 Å². The average molecular weight is 1190 g/mol. The van der Waals surface area contributed by atoms with E-state index in [9.17, 15) is 10.6 Å². The van der Waals surface area contributed by atoms with Crippen molar-refractivity contribution in [2.75, 3.05) is 0 Å². The van der Waals surface area contributed by atoms with E-state index in [2.05, 4.69) is 59.7 Å². The van der Waals surface area contributed by atoms with Crippen LogP contribution in [0.2, 0.25) is 0 Å². The zero-order valence-corrected chi connectivity index (χ0v) is 47.4. The Balaban J connectivity index is 0.00000941. The van der Waals surface area contributed by atoms with Gasteiger partial charge >= 0.3 is 0 Å². The molecule has 386 valence electrons. The van der Waals surface area contributed by atoms with Crippen molar-refractivity contribution in [1.82, 2.24) is 14.5 Å². The number of hydrogen-bond acceptors (Lipinski definition) is 3. The van der Waals surface area contributed by atoms with Gasteiger partial charge in [0.05, 0.1) is 36.0 Å². The molecule has 2 aromatic heterocycles. The summed E-state index contributed by atoms with van der Waals surface area (Å²) in [6.45, 7) is 22.0. The van der Waals surface area contributed by atoms with Crippen molar-refractivity contribution in [3.8, 4) is 89.7 Å². The molecule has 2 heterocycles. The molecule has 0 aliphatic rings. The number of phenolic OH excluding ortho intramolecular Hbond substituents is 1. The number of hydrogen-bond donors (Lipinski definition) is 1. The van der Waals surface area contributed by atoms with Crippen LogP contribution in [0.15, 0.2) is 182 Å². The van der Waals surface area contributed by atoms with Gasteiger partial charge in [0.15, 0.2) is 0 Å². The molecule has 0 radical (unpaired) electrons. The van der Waals surface area contributed by atoms with Gasteiger partial charge in [-0.05, 0) is 109 Å². The van der Waals surface area contributed by atoms with Crippen LogP contribution in [0, 0.1) is 12.9 Å². The largest absolute Gasteiger partial charge is 0.507 e. The van der Waals surface area contributed by atoms with Crippen LogP contribution in [-0.2, 0) is 42.7 Å². The number of phenols is 1. The summed E-state index contributed by atoms with van der Waals surface area (Å²) in [5.41, 5.74) is 7.50. The first-order valence-corrected chi connectivity index (χ1v) is 25.4. The van der Waals surface area contributed by atoms with E-state index in [-0.39, 0.29) is 71.7 Å². The van der Waals surface area contributed by atoms with Crippen molar-refractivity contribution in [3.63, 3.8) is 0 Å². The molecule has 0 atom stereocenters. The van der Waals surface area contributed by atoms with Crippen LogP contribution < -0.4 is 0 Å². The Morgan fingerprint density at radius 3 is 1.63 bits per heavy atom. The number of aromatic hydroxyl groups is 1. The van der Waals surface area contributed by atoms with Crippen LogP contribution in [0.3, 0.4) is 0 Å². The summed E-state index contributed by atoms with van der Waals surface area (Å²) in [7, 11) is 0. The molecule has 0 unspecified atom stereocenters. The quantitative estimate of drug-likeness (QED) is 0.154. The number of aromatic nitrogens is 3. The van der Waals surface area contributed by atoms with E-state index >= 15 is 0 Å². The van der Waals surface area contributed by atoms with Gasteiger partial charge in [-0.1, -0.05) is 227 Å². The molecule has 76 heavy (non-hydrogen) atoms. The maximum atomic E-state index is 13.0. The molecule has 5 heteroatoms. The van der Waals surface area contributed by atoms with Crippen molar-refractivity contribution in [2.45, 2.75) is 112 Å². The van der Waals surface area contributed by atoms with Gasteiger partial charge in [0.2, 0.25) is 0 Å². The van der Waals surface area contributed by atoms with Gasteiger partial charge < -0.3 is 5.11 Å². The third-order valence-electron chi connectivity index (χ3n) is 14.0. The number of aryl methyl sites for hydroxylation is 1. The van der Waals surface area contributed by atoms with E-state index in [1.807, 2.05) is 120 Å². The molecular formula is C71H70N3OPt-. The molecule has 0 aliphatic heterocycles. The SMILES string of the molecule is [2H]c1c([2H])c([2H])c(-c2cc(C(C)(C)C)cc(-c3c([2H])c([2H])c([2H])c([2H])c3[2H])c2-n2c(-c3cc(C(C)(C)C)cc(C(C)(C)C)c3O)nc3c(-c4[c-]c(-c5cc(-c6ccc(-c7ccccc7C([2H])([2H])[2H])cc6)ccn5)cc(C(C)(C)C)c4)cccc32)c([2H])c1[2H].[Pt]. The molecule has 10 aromatic rings. The normalized spacial score (nSPS) is 14.8. The molecule has 0 bridgehead atoms. The summed E-state index contributed by atoms with van der Waals surface area (Å²) in [6.07, 6.45) is 1.74. The zero-order valence-electron chi connectivity index (χ0n) is 58.2. The third-order valence-corrected chi connectivity index (χ3v) is 14.0. The summed E-state index contributed by atoms with van der Waals surface area (Å²) in [5, 5.41) is 13.0. The van der Waals surface area contributed by atoms with Gasteiger partial charge in [0.1, 0.15) is 11.6 Å². The van der Waals surface area contributed by atoms with E-state index in [0.29, 0.717) is 50.1 Å². The molecule has 0 spiro atoms. The van der Waals surface area contributed by atoms with Crippen LogP contribution in [0.25, 0.3) is 95.0 Å². The second-order valence-electron chi connectivity index (χ2n) is 23.5. The Labute approximate surface area is 484 Å². The van der Waals surface area contributed by atoms with Gasteiger partial charge in [0, 0.05) is 53.8 Å². The first kappa shape index (κ1) is 39.3. The van der Waals surface area contributed by atoms with Crippen molar-refractivity contribution in [3.05, 3.63) is 216 Å². The molecule has 10 rings (SSSR count). The fourth-order valence-corrected chi connectivity index (χ4v) is 9.61. The Morgan fingerprint density at radius 2 is 1.04 bits per heavy atom. The topological polar surface area (TPSA) is 50.9 Å². The molecular weight excluding hydrogens is 1110 g/mol. The first-order valence-electron chi connectivity index (χ1n) is 31.9. The molecule has 0 fully saturated rings. The number of nitrogens with zero attached hydrogens (tertiary/aromatic N) is 3. The smallest absolute Gasteiger partial charge is 0.148 e. The molecule has 8 aromatic carbocycles. The Morgan fingerprint density at radius 1 is 0.500 bits per heavy atom. The standard InChI is InChI=1S/C71H70N3O.Pt/c1-45-23-20-21-28-56(45)49-33-31-46(32-34-49)50-35-36-72-62(40-50)52-37-51(38-53(39-52)68(2,3)4)57-29-22-30-63-64(57)73-67(60-43-55(70(8,9)10)44-61(66(60)75)71(11,12)13)74(63)65-58(47-24-16-14-17-25-47)41-54(69(5,6)7)42-59(65)48-26-18-15-19-27-48;/h14-36,38-44,75H,1-13H3;/q-1;/i1D3,14D,15D,16D,17D,18D,19D,24D,25D,26D,27D;. The minimum atomic E-state index is -2.29. The molecule has 1 N–H and O–H groups in total. The molecule has 0 saturated carbocycles. The van der Waals surface area contributed by atoms with Crippen molar-refractivity contribution >= 4 is 11.0 Å². The summed E-state index contributed by atoms with van der Waals surface area (Å²) >= 11 is 0. The minimum Gasteiger partial charge on any atom is -0.507 e. The van der Waals surface area contributed by atoms with Crippen LogP contribution >= 0.6 is 0 Å². The fraction of sp³-hybridized carbons (Fsp3) is 0.239. The van der Waals surface area contributed by atoms with Crippen molar-refractivity contribution < 1.29 is 44.0 Å². The van der Waals surface area contributed by atoms with Crippen LogP contribution in [0.5, 0.6) is 5.75 Å². The third kappa shape index (κ3) is 10.5. The first-order chi connectivity index (χ1) is 40.9. The molecule has 0 saturated heterocycles. The van der Waals surface area contributed by atoms with E-state index in [1.165, 1.54) is 0 Å². The van der Waals surface area contributed by atoms with E-state index in [0.717, 1.165) is 27.8 Å². The number of benzene rings is 8. The van der Waals surface area contributed by atoms with E-state index in [4.69, 9.17) is 22.3 Å². The molecule has 4 nitrogen and oxygen atoms in total. The maximum absolute atomic E-state index is 13.0. The number of fused-ring (bicyclic) bond motifs is 1. The van der Waals surface area contributed by atoms with Crippen LogP contribution in [0.1, 0.15) is 129 Å². The maximum Gasteiger partial charge on any atom is 0.148 e. The van der Waals surface area contributed by atoms with Crippen molar-refractivity contribution in [2.24, 2.45) is 0 Å². The zero-order chi connectivity index (χ0) is 64.4. The van der Waals surface area contributed by atoms with Crippen LogP contribution in [0.4, 0.5) is 0 Å². The van der Waals surface area contributed by atoms with Gasteiger partial charge in [-0.3, -0.25) is 9.55 Å². The van der Waals surface area contributed by atoms with Gasteiger partial charge in [-0.2, -0.15) is 0 Å². The van der Waals surface area contributed by atoms with Gasteiger partial charge in [0.25, 0.3) is 0 Å². The predicted molar refractivity (Wildman–Crippen MR) is 317 cm³/mol. The fourth-order valence-electron chi connectivity index (χ4n) is 9.61.